The van der Waals surface area contributed by atoms with E-state index in [2.05, 4.69) is 10.3 Å². The van der Waals surface area contributed by atoms with E-state index < -0.39 is 18.0 Å². The maximum atomic E-state index is 12.8. The number of amides is 1. The number of halogens is 1. The van der Waals surface area contributed by atoms with Crippen LogP contribution in [0.25, 0.3) is 0 Å². The molecule has 1 aromatic carbocycles. The first-order chi connectivity index (χ1) is 12.5. The van der Waals surface area contributed by atoms with Gasteiger partial charge in [-0.1, -0.05) is 12.1 Å². The summed E-state index contributed by atoms with van der Waals surface area (Å²) < 4.78 is 23.3. The number of ether oxygens (including phenoxy) is 2. The van der Waals surface area contributed by atoms with Crippen LogP contribution < -0.4 is 10.1 Å². The second kappa shape index (κ2) is 9.50. The van der Waals surface area contributed by atoms with Crippen LogP contribution in [0.15, 0.2) is 42.6 Å². The summed E-state index contributed by atoms with van der Waals surface area (Å²) in [5.74, 6) is -1.23. The maximum Gasteiger partial charge on any atom is 0.344 e. The standard InChI is InChI=1S/C19H21FN2O4/c1-3-25-18-16(5-4-11-22-18)19(24)26-13(2)17(23)21-12-10-14-6-8-15(20)9-7-14/h4-9,11,13H,3,10,12H2,1-2H3,(H,21,23). The highest BCUT2D eigenvalue weighted by Crippen LogP contribution is 2.16. The number of carbonyl (C=O) groups is 2. The third kappa shape index (κ3) is 5.54. The molecule has 0 aliphatic carbocycles. The van der Waals surface area contributed by atoms with Crippen LogP contribution in [0.3, 0.4) is 0 Å². The first kappa shape index (κ1) is 19.4. The van der Waals surface area contributed by atoms with Crippen molar-refractivity contribution in [1.29, 1.82) is 0 Å². The van der Waals surface area contributed by atoms with E-state index in [1.807, 2.05) is 0 Å². The summed E-state index contributed by atoms with van der Waals surface area (Å²) in [5.41, 5.74) is 1.06. The summed E-state index contributed by atoms with van der Waals surface area (Å²) in [7, 11) is 0. The van der Waals surface area contributed by atoms with E-state index in [4.69, 9.17) is 9.47 Å². The number of aromatic nitrogens is 1. The Bertz CT molecular complexity index is 749. The third-order valence-corrected chi connectivity index (χ3v) is 3.55. The molecule has 26 heavy (non-hydrogen) atoms. The summed E-state index contributed by atoms with van der Waals surface area (Å²) in [6.45, 7) is 3.98. The van der Waals surface area contributed by atoms with E-state index in [1.54, 1.807) is 25.1 Å². The molecule has 7 heteroatoms. The fourth-order valence-corrected chi connectivity index (χ4v) is 2.20. The van der Waals surface area contributed by atoms with Crippen LogP contribution in [0.5, 0.6) is 5.88 Å². The van der Waals surface area contributed by atoms with Crippen molar-refractivity contribution >= 4 is 11.9 Å². The van der Waals surface area contributed by atoms with Crippen molar-refractivity contribution in [3.05, 3.63) is 59.5 Å². The minimum atomic E-state index is -0.967. The molecule has 0 aliphatic heterocycles. The number of rotatable bonds is 8. The maximum absolute atomic E-state index is 12.8. The quantitative estimate of drug-likeness (QED) is 0.732. The number of benzene rings is 1. The van der Waals surface area contributed by atoms with Gasteiger partial charge in [-0.05, 0) is 50.1 Å². The van der Waals surface area contributed by atoms with Crippen molar-refractivity contribution in [2.75, 3.05) is 13.2 Å². The third-order valence-electron chi connectivity index (χ3n) is 3.55. The Morgan fingerprint density at radius 1 is 1.23 bits per heavy atom. The number of hydrogen-bond acceptors (Lipinski definition) is 5. The molecule has 0 spiro atoms. The molecule has 1 aromatic heterocycles. The Morgan fingerprint density at radius 3 is 2.65 bits per heavy atom. The summed E-state index contributed by atoms with van der Waals surface area (Å²) in [6, 6.07) is 9.16. The molecule has 1 N–H and O–H groups in total. The van der Waals surface area contributed by atoms with Gasteiger partial charge < -0.3 is 14.8 Å². The van der Waals surface area contributed by atoms with Gasteiger partial charge in [0, 0.05) is 12.7 Å². The monoisotopic (exact) mass is 360 g/mol. The normalized spacial score (nSPS) is 11.5. The highest BCUT2D eigenvalue weighted by molar-refractivity contribution is 5.94. The number of esters is 1. The van der Waals surface area contributed by atoms with Crippen molar-refractivity contribution in [2.24, 2.45) is 0 Å². The fraction of sp³-hybridized carbons (Fsp3) is 0.316. The second-order valence-electron chi connectivity index (χ2n) is 5.50. The highest BCUT2D eigenvalue weighted by Gasteiger charge is 2.21. The molecule has 138 valence electrons. The smallest absolute Gasteiger partial charge is 0.344 e. The summed E-state index contributed by atoms with van der Waals surface area (Å²) >= 11 is 0. The molecule has 1 unspecified atom stereocenters. The van der Waals surface area contributed by atoms with Crippen LogP contribution in [0.2, 0.25) is 0 Å². The number of nitrogens with zero attached hydrogens (tertiary/aromatic N) is 1. The zero-order chi connectivity index (χ0) is 18.9. The van der Waals surface area contributed by atoms with Crippen LogP contribution in [-0.4, -0.2) is 36.1 Å². The van der Waals surface area contributed by atoms with Gasteiger partial charge in [0.1, 0.15) is 11.4 Å². The van der Waals surface area contributed by atoms with Crippen LogP contribution in [0.4, 0.5) is 4.39 Å². The second-order valence-corrected chi connectivity index (χ2v) is 5.50. The zero-order valence-electron chi connectivity index (χ0n) is 14.7. The molecule has 2 rings (SSSR count). The summed E-state index contributed by atoms with van der Waals surface area (Å²) in [5, 5.41) is 2.69. The molecule has 0 saturated carbocycles. The van der Waals surface area contributed by atoms with Gasteiger partial charge in [-0.15, -0.1) is 0 Å². The SMILES string of the molecule is CCOc1ncccc1C(=O)OC(C)C(=O)NCCc1ccc(F)cc1. The molecular weight excluding hydrogens is 339 g/mol. The predicted molar refractivity (Wildman–Crippen MR) is 93.4 cm³/mol. The van der Waals surface area contributed by atoms with Gasteiger partial charge in [-0.25, -0.2) is 14.2 Å². The Kier molecular flexibility index (Phi) is 7.08. The number of hydrogen-bond donors (Lipinski definition) is 1. The molecule has 0 saturated heterocycles. The topological polar surface area (TPSA) is 77.5 Å². The van der Waals surface area contributed by atoms with Crippen LogP contribution in [0, 0.1) is 5.82 Å². The average Bonchev–Trinajstić information content (AvgIpc) is 2.64. The molecule has 1 atom stereocenters. The molecule has 2 aromatic rings. The lowest BCUT2D eigenvalue weighted by molar-refractivity contribution is -0.129. The average molecular weight is 360 g/mol. The van der Waals surface area contributed by atoms with Gasteiger partial charge in [0.25, 0.3) is 5.91 Å². The molecule has 0 aliphatic rings. The molecular formula is C19H21FN2O4. The molecule has 0 radical (unpaired) electrons. The first-order valence-corrected chi connectivity index (χ1v) is 8.32. The van der Waals surface area contributed by atoms with E-state index in [1.165, 1.54) is 31.3 Å². The lowest BCUT2D eigenvalue weighted by atomic mass is 10.1. The van der Waals surface area contributed by atoms with Crippen molar-refractivity contribution in [3.8, 4) is 5.88 Å². The number of nitrogens with one attached hydrogen (secondary N) is 1. The first-order valence-electron chi connectivity index (χ1n) is 8.32. The van der Waals surface area contributed by atoms with Crippen molar-refractivity contribution < 1.29 is 23.5 Å². The lowest BCUT2D eigenvalue weighted by Gasteiger charge is -2.14. The van der Waals surface area contributed by atoms with Crippen molar-refractivity contribution in [3.63, 3.8) is 0 Å². The number of carbonyl (C=O) groups excluding carboxylic acids is 2. The Morgan fingerprint density at radius 2 is 1.96 bits per heavy atom. The van der Waals surface area contributed by atoms with E-state index in [-0.39, 0.29) is 17.3 Å². The minimum absolute atomic E-state index is 0.167. The van der Waals surface area contributed by atoms with Gasteiger partial charge in [-0.3, -0.25) is 4.79 Å². The zero-order valence-corrected chi connectivity index (χ0v) is 14.7. The molecule has 1 heterocycles. The van der Waals surface area contributed by atoms with Crippen molar-refractivity contribution in [1.82, 2.24) is 10.3 Å². The van der Waals surface area contributed by atoms with Gasteiger partial charge in [0.05, 0.1) is 6.61 Å². The Hall–Kier alpha value is -2.96. The van der Waals surface area contributed by atoms with Crippen LogP contribution in [-0.2, 0) is 16.0 Å². The van der Waals surface area contributed by atoms with Gasteiger partial charge in [-0.2, -0.15) is 0 Å². The lowest BCUT2D eigenvalue weighted by Crippen LogP contribution is -2.37. The van der Waals surface area contributed by atoms with Gasteiger partial charge >= 0.3 is 5.97 Å². The highest BCUT2D eigenvalue weighted by atomic mass is 19.1. The van der Waals surface area contributed by atoms with E-state index in [0.717, 1.165) is 5.56 Å². The summed E-state index contributed by atoms with van der Waals surface area (Å²) in [6.07, 6.45) is 1.09. The van der Waals surface area contributed by atoms with Gasteiger partial charge in [0.15, 0.2) is 6.10 Å². The van der Waals surface area contributed by atoms with Crippen molar-refractivity contribution in [2.45, 2.75) is 26.4 Å². The minimum Gasteiger partial charge on any atom is -0.477 e. The Labute approximate surface area is 151 Å². The van der Waals surface area contributed by atoms with E-state index >= 15 is 0 Å². The van der Waals surface area contributed by atoms with Crippen LogP contribution in [0.1, 0.15) is 29.8 Å². The summed E-state index contributed by atoms with van der Waals surface area (Å²) in [4.78, 5) is 28.3. The largest absolute Gasteiger partial charge is 0.477 e. The van der Waals surface area contributed by atoms with Gasteiger partial charge in [0.2, 0.25) is 5.88 Å². The Balaban J connectivity index is 1.84. The van der Waals surface area contributed by atoms with Crippen LogP contribution >= 0.6 is 0 Å². The number of pyridine rings is 1. The van der Waals surface area contributed by atoms with E-state index in [9.17, 15) is 14.0 Å². The predicted octanol–water partition coefficient (Wildman–Crippen LogP) is 2.52. The molecule has 0 bridgehead atoms. The molecule has 0 fully saturated rings. The molecule has 6 nitrogen and oxygen atoms in total. The fourth-order valence-electron chi connectivity index (χ4n) is 2.20. The van der Waals surface area contributed by atoms with E-state index in [0.29, 0.717) is 19.6 Å². The molecule has 1 amide bonds.